The molecule has 3 rings (SSSR count). The molecule has 0 saturated heterocycles. The Kier molecular flexibility index (Phi) is 3.48. The molecule has 1 aromatic carbocycles. The van der Waals surface area contributed by atoms with Gasteiger partial charge in [-0.05, 0) is 24.3 Å². The van der Waals surface area contributed by atoms with Crippen LogP contribution in [0.15, 0.2) is 53.5 Å². The van der Waals surface area contributed by atoms with Crippen molar-refractivity contribution in [2.75, 3.05) is 5.88 Å². The fourth-order valence-corrected chi connectivity index (χ4v) is 2.33. The number of fused-ring (bicyclic) bond motifs is 1. The predicted octanol–water partition coefficient (Wildman–Crippen LogP) is 2.56. The van der Waals surface area contributed by atoms with Gasteiger partial charge in [-0.15, -0.1) is 11.6 Å². The van der Waals surface area contributed by atoms with Gasteiger partial charge in [0.25, 0.3) is 5.56 Å². The minimum atomic E-state index is -0.165. The first-order valence-corrected chi connectivity index (χ1v) is 6.83. The SMILES string of the molecule is O=c1c2ncccc2nc(CCCl)n1-c1ccccc1. The Morgan fingerprint density at radius 2 is 1.90 bits per heavy atom. The Labute approximate surface area is 120 Å². The molecule has 2 heterocycles. The lowest BCUT2D eigenvalue weighted by Gasteiger charge is -2.12. The van der Waals surface area contributed by atoms with Crippen molar-refractivity contribution in [1.29, 1.82) is 0 Å². The van der Waals surface area contributed by atoms with Crippen LogP contribution in [0, 0.1) is 0 Å². The lowest BCUT2D eigenvalue weighted by atomic mass is 10.2. The van der Waals surface area contributed by atoms with E-state index in [1.165, 1.54) is 0 Å². The van der Waals surface area contributed by atoms with Gasteiger partial charge in [-0.2, -0.15) is 0 Å². The molecular weight excluding hydrogens is 274 g/mol. The molecule has 3 aromatic rings. The van der Waals surface area contributed by atoms with E-state index in [2.05, 4.69) is 9.97 Å². The van der Waals surface area contributed by atoms with Gasteiger partial charge in [0.15, 0.2) is 5.52 Å². The van der Waals surface area contributed by atoms with Gasteiger partial charge in [0.2, 0.25) is 0 Å². The second kappa shape index (κ2) is 5.43. The van der Waals surface area contributed by atoms with E-state index in [1.807, 2.05) is 30.3 Å². The molecule has 0 saturated carbocycles. The van der Waals surface area contributed by atoms with Crippen molar-refractivity contribution in [2.45, 2.75) is 6.42 Å². The third-order valence-electron chi connectivity index (χ3n) is 3.03. The Hall–Kier alpha value is -2.20. The van der Waals surface area contributed by atoms with Crippen LogP contribution >= 0.6 is 11.6 Å². The Morgan fingerprint density at radius 1 is 1.10 bits per heavy atom. The molecule has 0 amide bonds. The lowest BCUT2D eigenvalue weighted by molar-refractivity contribution is 0.832. The number of rotatable bonds is 3. The number of alkyl halides is 1. The van der Waals surface area contributed by atoms with Gasteiger partial charge in [0, 0.05) is 18.5 Å². The molecule has 0 aliphatic rings. The Bertz CT molecular complexity index is 799. The molecule has 0 bridgehead atoms. The lowest BCUT2D eigenvalue weighted by Crippen LogP contribution is -2.24. The molecule has 4 nitrogen and oxygen atoms in total. The van der Waals surface area contributed by atoms with Crippen LogP contribution in [0.25, 0.3) is 16.7 Å². The summed E-state index contributed by atoms with van der Waals surface area (Å²) in [5.74, 6) is 1.06. The molecular formula is C15H12ClN3O. The normalized spacial score (nSPS) is 10.8. The van der Waals surface area contributed by atoms with Gasteiger partial charge in [0.1, 0.15) is 5.82 Å². The van der Waals surface area contributed by atoms with E-state index in [0.717, 1.165) is 5.69 Å². The first kappa shape index (κ1) is 12.8. The van der Waals surface area contributed by atoms with Crippen molar-refractivity contribution >= 4 is 22.6 Å². The molecule has 0 unspecified atom stereocenters. The molecule has 0 fully saturated rings. The van der Waals surface area contributed by atoms with Crippen LogP contribution in [-0.2, 0) is 6.42 Å². The molecule has 0 N–H and O–H groups in total. The van der Waals surface area contributed by atoms with Gasteiger partial charge in [-0.1, -0.05) is 18.2 Å². The highest BCUT2D eigenvalue weighted by atomic mass is 35.5. The predicted molar refractivity (Wildman–Crippen MR) is 79.6 cm³/mol. The maximum absolute atomic E-state index is 12.6. The number of halogens is 1. The number of pyridine rings is 1. The minimum Gasteiger partial charge on any atom is -0.266 e. The number of hydrogen-bond acceptors (Lipinski definition) is 3. The second-order valence-corrected chi connectivity index (χ2v) is 4.69. The minimum absolute atomic E-state index is 0.165. The molecule has 0 aliphatic heterocycles. The number of hydrogen-bond donors (Lipinski definition) is 0. The van der Waals surface area contributed by atoms with Gasteiger partial charge in [-0.25, -0.2) is 9.97 Å². The van der Waals surface area contributed by atoms with E-state index in [9.17, 15) is 4.79 Å². The van der Waals surface area contributed by atoms with E-state index in [4.69, 9.17) is 11.6 Å². The van der Waals surface area contributed by atoms with Crippen molar-refractivity contribution in [1.82, 2.24) is 14.5 Å². The number of benzene rings is 1. The number of aryl methyl sites for hydroxylation is 1. The maximum Gasteiger partial charge on any atom is 0.284 e. The first-order chi connectivity index (χ1) is 9.81. The van der Waals surface area contributed by atoms with Crippen molar-refractivity contribution < 1.29 is 0 Å². The highest BCUT2D eigenvalue weighted by Gasteiger charge is 2.12. The van der Waals surface area contributed by atoms with Crippen LogP contribution < -0.4 is 5.56 Å². The summed E-state index contributed by atoms with van der Waals surface area (Å²) in [5, 5.41) is 0. The average molecular weight is 286 g/mol. The van der Waals surface area contributed by atoms with E-state index in [-0.39, 0.29) is 5.56 Å². The zero-order chi connectivity index (χ0) is 13.9. The van der Waals surface area contributed by atoms with Crippen LogP contribution in [0.5, 0.6) is 0 Å². The largest absolute Gasteiger partial charge is 0.284 e. The number of para-hydroxylation sites is 1. The maximum atomic E-state index is 12.6. The fraction of sp³-hybridized carbons (Fsp3) is 0.133. The number of aromatic nitrogens is 3. The molecule has 2 aromatic heterocycles. The zero-order valence-electron chi connectivity index (χ0n) is 10.7. The smallest absolute Gasteiger partial charge is 0.266 e. The standard InChI is InChI=1S/C15H12ClN3O/c16-9-8-13-18-12-7-4-10-17-14(12)15(20)19(13)11-5-2-1-3-6-11/h1-7,10H,8-9H2. The topological polar surface area (TPSA) is 47.8 Å². The van der Waals surface area contributed by atoms with Gasteiger partial charge >= 0.3 is 0 Å². The van der Waals surface area contributed by atoms with Crippen LogP contribution in [-0.4, -0.2) is 20.4 Å². The van der Waals surface area contributed by atoms with Gasteiger partial charge in [-0.3, -0.25) is 9.36 Å². The summed E-state index contributed by atoms with van der Waals surface area (Å²) in [5.41, 5.74) is 1.58. The van der Waals surface area contributed by atoms with Crippen LogP contribution in [0.3, 0.4) is 0 Å². The third kappa shape index (κ3) is 2.18. The highest BCUT2D eigenvalue weighted by Crippen LogP contribution is 2.12. The Morgan fingerprint density at radius 3 is 2.65 bits per heavy atom. The molecule has 100 valence electrons. The summed E-state index contributed by atoms with van der Waals surface area (Å²) >= 11 is 5.83. The summed E-state index contributed by atoms with van der Waals surface area (Å²) in [6.45, 7) is 0. The summed E-state index contributed by atoms with van der Waals surface area (Å²) < 4.78 is 1.58. The number of nitrogens with zero attached hydrogens (tertiary/aromatic N) is 3. The Balaban J connectivity index is 2.36. The van der Waals surface area contributed by atoms with E-state index >= 15 is 0 Å². The van der Waals surface area contributed by atoms with Gasteiger partial charge in [0.05, 0.1) is 11.2 Å². The van der Waals surface area contributed by atoms with E-state index < -0.39 is 0 Å². The quantitative estimate of drug-likeness (QED) is 0.695. The molecule has 5 heteroatoms. The second-order valence-electron chi connectivity index (χ2n) is 4.31. The van der Waals surface area contributed by atoms with E-state index in [0.29, 0.717) is 29.2 Å². The highest BCUT2D eigenvalue weighted by molar-refractivity contribution is 6.17. The van der Waals surface area contributed by atoms with Crippen LogP contribution in [0.4, 0.5) is 0 Å². The first-order valence-electron chi connectivity index (χ1n) is 6.29. The molecule has 20 heavy (non-hydrogen) atoms. The molecule has 0 aliphatic carbocycles. The van der Waals surface area contributed by atoms with Crippen LogP contribution in [0.1, 0.15) is 5.82 Å². The summed E-state index contributed by atoms with van der Waals surface area (Å²) in [6.07, 6.45) is 2.12. The zero-order valence-corrected chi connectivity index (χ0v) is 11.4. The average Bonchev–Trinajstić information content (AvgIpc) is 2.49. The van der Waals surface area contributed by atoms with Gasteiger partial charge < -0.3 is 0 Å². The van der Waals surface area contributed by atoms with E-state index in [1.54, 1.807) is 22.9 Å². The summed E-state index contributed by atoms with van der Waals surface area (Å²) in [7, 11) is 0. The van der Waals surface area contributed by atoms with Crippen molar-refractivity contribution in [3.63, 3.8) is 0 Å². The fourth-order valence-electron chi connectivity index (χ4n) is 2.16. The summed E-state index contributed by atoms with van der Waals surface area (Å²) in [6, 6.07) is 13.0. The van der Waals surface area contributed by atoms with Crippen molar-refractivity contribution in [3.05, 3.63) is 64.8 Å². The molecule has 0 radical (unpaired) electrons. The monoisotopic (exact) mass is 285 g/mol. The molecule has 0 atom stereocenters. The molecule has 0 spiro atoms. The van der Waals surface area contributed by atoms with Crippen molar-refractivity contribution in [2.24, 2.45) is 0 Å². The van der Waals surface area contributed by atoms with Crippen molar-refractivity contribution in [3.8, 4) is 5.69 Å². The third-order valence-corrected chi connectivity index (χ3v) is 3.22. The van der Waals surface area contributed by atoms with Crippen LogP contribution in [0.2, 0.25) is 0 Å². The summed E-state index contributed by atoms with van der Waals surface area (Å²) in [4.78, 5) is 21.3.